The van der Waals surface area contributed by atoms with Crippen LogP contribution in [0.25, 0.3) is 0 Å². The van der Waals surface area contributed by atoms with Gasteiger partial charge < -0.3 is 14.6 Å². The van der Waals surface area contributed by atoms with Crippen LogP contribution in [0.4, 0.5) is 0 Å². The fourth-order valence-corrected chi connectivity index (χ4v) is 2.84. The predicted octanol–water partition coefficient (Wildman–Crippen LogP) is 4.82. The van der Waals surface area contributed by atoms with Crippen LogP contribution in [0.1, 0.15) is 67.4 Å². The van der Waals surface area contributed by atoms with Crippen LogP contribution >= 0.6 is 0 Å². The summed E-state index contributed by atoms with van der Waals surface area (Å²) in [5, 5.41) is 7.01. The molecular formula is C21H30N2O3. The van der Waals surface area contributed by atoms with Crippen molar-refractivity contribution < 1.29 is 14.1 Å². The zero-order valence-electron chi connectivity index (χ0n) is 16.5. The van der Waals surface area contributed by atoms with Gasteiger partial charge in [-0.3, -0.25) is 4.79 Å². The van der Waals surface area contributed by atoms with Gasteiger partial charge in [0.25, 0.3) is 5.91 Å². The van der Waals surface area contributed by atoms with Crippen LogP contribution in [0.15, 0.2) is 28.8 Å². The van der Waals surface area contributed by atoms with E-state index in [4.69, 9.17) is 9.26 Å². The number of nitrogens with zero attached hydrogens (tertiary/aromatic N) is 1. The van der Waals surface area contributed by atoms with Crippen LogP contribution in [0, 0.1) is 19.8 Å². The smallest absolute Gasteiger partial charge is 0.255 e. The topological polar surface area (TPSA) is 64.4 Å². The van der Waals surface area contributed by atoms with Crippen molar-refractivity contribution in [1.82, 2.24) is 10.5 Å². The van der Waals surface area contributed by atoms with Crippen LogP contribution in [0.5, 0.6) is 5.75 Å². The number of hydrogen-bond acceptors (Lipinski definition) is 4. The normalized spacial score (nSPS) is 12.2. The minimum Gasteiger partial charge on any atom is -0.488 e. The maximum Gasteiger partial charge on any atom is 0.255 e. The van der Waals surface area contributed by atoms with Crippen LogP contribution in [0.2, 0.25) is 0 Å². The fraction of sp³-hybridized carbons (Fsp3) is 0.524. The lowest BCUT2D eigenvalue weighted by atomic mass is 10.0. The van der Waals surface area contributed by atoms with Crippen LogP contribution in [-0.4, -0.2) is 17.1 Å². The zero-order chi connectivity index (χ0) is 19.1. The molecule has 0 spiro atoms. The van der Waals surface area contributed by atoms with Crippen molar-refractivity contribution in [1.29, 1.82) is 0 Å². The standard InChI is InChI=1S/C21H30N2O3/c1-14(2)9-8-10-15(3)22-21(24)18-11-6-7-12-20(18)25-13-19-16(4)23-26-17(19)5/h6-7,11-12,14-15H,8-10,13H2,1-5H3,(H,22,24). The summed E-state index contributed by atoms with van der Waals surface area (Å²) in [5.41, 5.74) is 2.28. The molecule has 5 heteroatoms. The second-order valence-electron chi connectivity index (χ2n) is 7.29. The first kappa shape index (κ1) is 20.0. The molecule has 26 heavy (non-hydrogen) atoms. The number of rotatable bonds is 9. The van der Waals surface area contributed by atoms with Gasteiger partial charge in [0.05, 0.1) is 16.8 Å². The van der Waals surface area contributed by atoms with E-state index < -0.39 is 0 Å². The highest BCUT2D eigenvalue weighted by molar-refractivity contribution is 5.97. The van der Waals surface area contributed by atoms with E-state index in [9.17, 15) is 4.79 Å². The molecule has 2 aromatic rings. The SMILES string of the molecule is Cc1noc(C)c1COc1ccccc1C(=O)NC(C)CCCC(C)C. The second kappa shape index (κ2) is 9.41. The molecule has 142 valence electrons. The van der Waals surface area contributed by atoms with E-state index in [1.165, 1.54) is 6.42 Å². The Morgan fingerprint density at radius 3 is 2.58 bits per heavy atom. The van der Waals surface area contributed by atoms with Crippen molar-refractivity contribution in [2.24, 2.45) is 5.92 Å². The highest BCUT2D eigenvalue weighted by atomic mass is 16.5. The lowest BCUT2D eigenvalue weighted by Gasteiger charge is -2.16. The number of aryl methyl sites for hydroxylation is 2. The zero-order valence-corrected chi connectivity index (χ0v) is 16.5. The summed E-state index contributed by atoms with van der Waals surface area (Å²) in [6, 6.07) is 7.46. The highest BCUT2D eigenvalue weighted by Gasteiger charge is 2.16. The monoisotopic (exact) mass is 358 g/mol. The van der Waals surface area contributed by atoms with E-state index in [1.54, 1.807) is 6.07 Å². The molecule has 1 aromatic carbocycles. The summed E-state index contributed by atoms with van der Waals surface area (Å²) < 4.78 is 11.1. The third kappa shape index (κ3) is 5.61. The molecule has 0 saturated heterocycles. The molecule has 1 atom stereocenters. The number of amides is 1. The minimum atomic E-state index is -0.101. The van der Waals surface area contributed by atoms with E-state index in [1.807, 2.05) is 39.0 Å². The summed E-state index contributed by atoms with van der Waals surface area (Å²) in [5.74, 6) is 1.90. The number of benzene rings is 1. The summed E-state index contributed by atoms with van der Waals surface area (Å²) in [6.45, 7) is 10.6. The Bertz CT molecular complexity index is 702. The summed E-state index contributed by atoms with van der Waals surface area (Å²) >= 11 is 0. The van der Waals surface area contributed by atoms with Crippen molar-refractivity contribution in [3.05, 3.63) is 46.8 Å². The van der Waals surface area contributed by atoms with Gasteiger partial charge >= 0.3 is 0 Å². The average Bonchev–Trinajstić information content (AvgIpc) is 2.91. The largest absolute Gasteiger partial charge is 0.488 e. The number of nitrogens with one attached hydrogen (secondary N) is 1. The van der Waals surface area contributed by atoms with Gasteiger partial charge in [0.2, 0.25) is 0 Å². The number of ether oxygens (including phenoxy) is 1. The van der Waals surface area contributed by atoms with Crippen molar-refractivity contribution in [3.8, 4) is 5.75 Å². The maximum atomic E-state index is 12.6. The van der Waals surface area contributed by atoms with E-state index in [2.05, 4.69) is 24.3 Å². The summed E-state index contributed by atoms with van der Waals surface area (Å²) in [4.78, 5) is 12.6. The van der Waals surface area contributed by atoms with Gasteiger partial charge in [-0.1, -0.05) is 44.0 Å². The first-order chi connectivity index (χ1) is 12.4. The van der Waals surface area contributed by atoms with Crippen LogP contribution in [0.3, 0.4) is 0 Å². The van der Waals surface area contributed by atoms with Crippen molar-refractivity contribution in [3.63, 3.8) is 0 Å². The van der Waals surface area contributed by atoms with Crippen LogP contribution in [-0.2, 0) is 6.61 Å². The van der Waals surface area contributed by atoms with Crippen molar-refractivity contribution in [2.75, 3.05) is 0 Å². The van der Waals surface area contributed by atoms with Gasteiger partial charge in [-0.2, -0.15) is 0 Å². The van der Waals surface area contributed by atoms with E-state index in [0.29, 0.717) is 23.8 Å². The molecule has 1 amide bonds. The summed E-state index contributed by atoms with van der Waals surface area (Å²) in [6.07, 6.45) is 3.27. The molecular weight excluding hydrogens is 328 g/mol. The molecule has 0 aliphatic rings. The molecule has 1 unspecified atom stereocenters. The number of carbonyl (C=O) groups excluding carboxylic acids is 1. The average molecular weight is 358 g/mol. The third-order valence-electron chi connectivity index (χ3n) is 4.48. The predicted molar refractivity (Wildman–Crippen MR) is 102 cm³/mol. The molecule has 2 rings (SSSR count). The molecule has 0 saturated carbocycles. The highest BCUT2D eigenvalue weighted by Crippen LogP contribution is 2.22. The molecule has 0 radical (unpaired) electrons. The van der Waals surface area contributed by atoms with Gasteiger partial charge in [-0.15, -0.1) is 0 Å². The molecule has 5 nitrogen and oxygen atoms in total. The van der Waals surface area contributed by atoms with Crippen molar-refractivity contribution >= 4 is 5.91 Å². The number of hydrogen-bond donors (Lipinski definition) is 1. The maximum absolute atomic E-state index is 12.6. The lowest BCUT2D eigenvalue weighted by Crippen LogP contribution is -2.32. The fourth-order valence-electron chi connectivity index (χ4n) is 2.84. The van der Waals surface area contributed by atoms with E-state index in [-0.39, 0.29) is 11.9 Å². The van der Waals surface area contributed by atoms with Crippen molar-refractivity contribution in [2.45, 2.75) is 66.5 Å². The molecule has 0 aliphatic carbocycles. The molecule has 1 N–H and O–H groups in total. The van der Waals surface area contributed by atoms with Gasteiger partial charge in [0.1, 0.15) is 18.1 Å². The first-order valence-corrected chi connectivity index (χ1v) is 9.33. The van der Waals surface area contributed by atoms with Gasteiger partial charge in [-0.05, 0) is 45.2 Å². The minimum absolute atomic E-state index is 0.101. The Labute approximate surface area is 156 Å². The van der Waals surface area contributed by atoms with Gasteiger partial charge in [-0.25, -0.2) is 0 Å². The van der Waals surface area contributed by atoms with E-state index >= 15 is 0 Å². The second-order valence-corrected chi connectivity index (χ2v) is 7.29. The van der Waals surface area contributed by atoms with Gasteiger partial charge in [0.15, 0.2) is 0 Å². The lowest BCUT2D eigenvalue weighted by molar-refractivity contribution is 0.0933. The Morgan fingerprint density at radius 1 is 1.19 bits per heavy atom. The third-order valence-corrected chi connectivity index (χ3v) is 4.48. The molecule has 0 bridgehead atoms. The Kier molecular flexibility index (Phi) is 7.25. The van der Waals surface area contributed by atoms with Gasteiger partial charge in [0, 0.05) is 6.04 Å². The molecule has 1 heterocycles. The number of para-hydroxylation sites is 1. The summed E-state index contributed by atoms with van der Waals surface area (Å²) in [7, 11) is 0. The Balaban J connectivity index is 1.98. The van der Waals surface area contributed by atoms with E-state index in [0.717, 1.165) is 29.9 Å². The molecule has 0 aliphatic heterocycles. The Hall–Kier alpha value is -2.30. The quantitative estimate of drug-likeness (QED) is 0.698. The van der Waals surface area contributed by atoms with Crippen LogP contribution < -0.4 is 10.1 Å². The Morgan fingerprint density at radius 2 is 1.92 bits per heavy atom. The first-order valence-electron chi connectivity index (χ1n) is 9.33. The number of carbonyl (C=O) groups is 1. The number of aromatic nitrogens is 1. The molecule has 0 fully saturated rings. The molecule has 1 aromatic heterocycles.